The van der Waals surface area contributed by atoms with Gasteiger partial charge in [0.15, 0.2) is 0 Å². The molecule has 4 heteroatoms. The maximum absolute atomic E-state index is 11.4. The molecule has 0 radical (unpaired) electrons. The lowest BCUT2D eigenvalue weighted by Crippen LogP contribution is -2.22. The molecule has 2 aromatic carbocycles. The van der Waals surface area contributed by atoms with E-state index in [1.54, 1.807) is 6.08 Å². The quantitative estimate of drug-likeness (QED) is 0.398. The van der Waals surface area contributed by atoms with Crippen LogP contribution < -0.4 is 0 Å². The fourth-order valence-electron chi connectivity index (χ4n) is 2.78. The van der Waals surface area contributed by atoms with Gasteiger partial charge >= 0.3 is 5.97 Å². The van der Waals surface area contributed by atoms with Crippen molar-refractivity contribution in [3.8, 4) is 0 Å². The Kier molecular flexibility index (Phi) is 4.52. The van der Waals surface area contributed by atoms with E-state index in [4.69, 9.17) is 4.74 Å². The van der Waals surface area contributed by atoms with E-state index in [9.17, 15) is 10.0 Å². The molecule has 0 aliphatic carbocycles. The van der Waals surface area contributed by atoms with E-state index < -0.39 is 0 Å². The zero-order chi connectivity index (χ0) is 16.1. The summed E-state index contributed by atoms with van der Waals surface area (Å²) in [4.78, 5) is 11.4. The maximum Gasteiger partial charge on any atom is 0.331 e. The molecule has 1 aliphatic heterocycles. The van der Waals surface area contributed by atoms with Crippen LogP contribution in [0.5, 0.6) is 0 Å². The lowest BCUT2D eigenvalue weighted by Gasteiger charge is -2.22. The zero-order valence-corrected chi connectivity index (χ0v) is 12.5. The summed E-state index contributed by atoms with van der Waals surface area (Å²) in [5.74, 6) is -0.442. The molecule has 2 atom stereocenters. The molecule has 0 unspecified atom stereocenters. The fourth-order valence-corrected chi connectivity index (χ4v) is 2.78. The van der Waals surface area contributed by atoms with Crippen LogP contribution in [0.3, 0.4) is 0 Å². The van der Waals surface area contributed by atoms with Crippen LogP contribution in [-0.4, -0.2) is 23.0 Å². The second kappa shape index (κ2) is 6.92. The second-order valence-electron chi connectivity index (χ2n) is 5.39. The molecule has 0 spiro atoms. The largest absolute Gasteiger partial charge is 0.454 e. The van der Waals surface area contributed by atoms with Gasteiger partial charge in [0.05, 0.1) is 5.71 Å². The highest BCUT2D eigenvalue weighted by atomic mass is 16.5. The van der Waals surface area contributed by atoms with E-state index in [2.05, 4.69) is 5.16 Å². The Bertz CT molecular complexity index is 723. The van der Waals surface area contributed by atoms with Crippen molar-refractivity contribution in [3.63, 3.8) is 0 Å². The molecule has 2 aromatic rings. The van der Waals surface area contributed by atoms with Gasteiger partial charge in [0.25, 0.3) is 0 Å². The number of nitrogens with zero attached hydrogens (tertiary/aromatic N) is 1. The summed E-state index contributed by atoms with van der Waals surface area (Å²) in [5.41, 5.74) is 2.45. The molecule has 1 N–H and O–H groups in total. The van der Waals surface area contributed by atoms with Crippen molar-refractivity contribution < 1.29 is 14.7 Å². The van der Waals surface area contributed by atoms with Gasteiger partial charge in [-0.2, -0.15) is 0 Å². The van der Waals surface area contributed by atoms with E-state index in [0.29, 0.717) is 12.1 Å². The summed E-state index contributed by atoms with van der Waals surface area (Å²) in [6, 6.07) is 19.3. The van der Waals surface area contributed by atoms with Gasteiger partial charge in [0.1, 0.15) is 6.10 Å². The number of rotatable bonds is 5. The van der Waals surface area contributed by atoms with E-state index in [0.717, 1.165) is 11.1 Å². The van der Waals surface area contributed by atoms with E-state index in [1.165, 1.54) is 6.08 Å². The van der Waals surface area contributed by atoms with Gasteiger partial charge in [-0.1, -0.05) is 65.8 Å². The van der Waals surface area contributed by atoms with Gasteiger partial charge in [-0.25, -0.2) is 4.79 Å². The van der Waals surface area contributed by atoms with Crippen molar-refractivity contribution in [2.75, 3.05) is 0 Å². The van der Waals surface area contributed by atoms with E-state index >= 15 is 0 Å². The van der Waals surface area contributed by atoms with Crippen molar-refractivity contribution in [3.05, 3.63) is 83.9 Å². The summed E-state index contributed by atoms with van der Waals surface area (Å²) in [5, 5.41) is 12.9. The fraction of sp³-hybridized carbons (Fsp3) is 0.158. The molecule has 3 rings (SSSR count). The van der Waals surface area contributed by atoms with Gasteiger partial charge in [0, 0.05) is 18.4 Å². The van der Waals surface area contributed by atoms with Crippen LogP contribution in [0.1, 0.15) is 23.5 Å². The highest BCUT2D eigenvalue weighted by Crippen LogP contribution is 2.30. The average molecular weight is 307 g/mol. The third-order valence-corrected chi connectivity index (χ3v) is 3.94. The number of cyclic esters (lactones) is 1. The third-order valence-electron chi connectivity index (χ3n) is 3.94. The number of hydrogen-bond donors (Lipinski definition) is 1. The summed E-state index contributed by atoms with van der Waals surface area (Å²) >= 11 is 0. The Morgan fingerprint density at radius 1 is 1.09 bits per heavy atom. The number of carbonyl (C=O) groups excluding carboxylic acids is 1. The molecule has 0 amide bonds. The van der Waals surface area contributed by atoms with Crippen LogP contribution in [0.15, 0.2) is 78.0 Å². The standard InChI is InChI=1S/C19H17NO3/c21-19-12-11-18(23-19)16(14-7-3-1-4-8-14)13-17(20-22)15-9-5-2-6-10-15/h1-12,16,18,22H,13H2/b20-17-/t16-,18-/m0/s1. The smallest absolute Gasteiger partial charge is 0.331 e. The monoisotopic (exact) mass is 307 g/mol. The Labute approximate surface area is 134 Å². The molecular formula is C19H17NO3. The highest BCUT2D eigenvalue weighted by molar-refractivity contribution is 6.00. The van der Waals surface area contributed by atoms with E-state index in [1.807, 2.05) is 60.7 Å². The maximum atomic E-state index is 11.4. The van der Waals surface area contributed by atoms with E-state index in [-0.39, 0.29) is 18.0 Å². The molecule has 0 bridgehead atoms. The third kappa shape index (κ3) is 3.48. The van der Waals surface area contributed by atoms with Gasteiger partial charge in [-0.05, 0) is 17.2 Å². The van der Waals surface area contributed by atoms with Crippen LogP contribution >= 0.6 is 0 Å². The summed E-state index contributed by atoms with van der Waals surface area (Å²) in [6.07, 6.45) is 3.32. The molecule has 0 saturated carbocycles. The Morgan fingerprint density at radius 2 is 1.74 bits per heavy atom. The molecule has 0 saturated heterocycles. The minimum Gasteiger partial charge on any atom is -0.454 e. The number of oxime groups is 1. The number of esters is 1. The number of hydrogen-bond acceptors (Lipinski definition) is 4. The lowest BCUT2D eigenvalue weighted by molar-refractivity contribution is -0.139. The molecule has 116 valence electrons. The first-order chi connectivity index (χ1) is 11.3. The zero-order valence-electron chi connectivity index (χ0n) is 12.5. The highest BCUT2D eigenvalue weighted by Gasteiger charge is 2.29. The molecular weight excluding hydrogens is 290 g/mol. The molecule has 1 aliphatic rings. The molecule has 23 heavy (non-hydrogen) atoms. The second-order valence-corrected chi connectivity index (χ2v) is 5.39. The van der Waals surface area contributed by atoms with Crippen LogP contribution in [0.2, 0.25) is 0 Å². The molecule has 1 heterocycles. The predicted molar refractivity (Wildman–Crippen MR) is 87.6 cm³/mol. The first-order valence-electron chi connectivity index (χ1n) is 7.48. The minimum absolute atomic E-state index is 0.106. The SMILES string of the molecule is O=C1C=C[C@@H]([C@@H](C/C(=N/O)c2ccccc2)c2ccccc2)O1. The Hall–Kier alpha value is -2.88. The van der Waals surface area contributed by atoms with Crippen LogP contribution in [0, 0.1) is 0 Å². The molecule has 0 fully saturated rings. The number of benzene rings is 2. The van der Waals surface area contributed by atoms with Crippen LogP contribution in [0.25, 0.3) is 0 Å². The van der Waals surface area contributed by atoms with Gasteiger partial charge in [-0.15, -0.1) is 0 Å². The average Bonchev–Trinajstić information content (AvgIpc) is 3.03. The Morgan fingerprint density at radius 3 is 2.30 bits per heavy atom. The van der Waals surface area contributed by atoms with Gasteiger partial charge < -0.3 is 9.94 Å². The topological polar surface area (TPSA) is 58.9 Å². The summed E-state index contributed by atoms with van der Waals surface area (Å²) < 4.78 is 5.37. The van der Waals surface area contributed by atoms with Crippen LogP contribution in [0.4, 0.5) is 0 Å². The van der Waals surface area contributed by atoms with Crippen molar-refractivity contribution in [2.45, 2.75) is 18.4 Å². The van der Waals surface area contributed by atoms with Crippen molar-refractivity contribution in [1.29, 1.82) is 0 Å². The van der Waals surface area contributed by atoms with Gasteiger partial charge in [-0.3, -0.25) is 0 Å². The first-order valence-corrected chi connectivity index (χ1v) is 7.48. The number of carbonyl (C=O) groups is 1. The minimum atomic E-state index is -0.356. The van der Waals surface area contributed by atoms with Crippen LogP contribution in [-0.2, 0) is 9.53 Å². The van der Waals surface area contributed by atoms with Crippen molar-refractivity contribution in [2.24, 2.45) is 5.16 Å². The van der Waals surface area contributed by atoms with Crippen molar-refractivity contribution >= 4 is 11.7 Å². The molecule has 0 aromatic heterocycles. The number of ether oxygens (including phenoxy) is 1. The summed E-state index contributed by atoms with van der Waals surface area (Å²) in [7, 11) is 0. The first kappa shape index (κ1) is 15.0. The van der Waals surface area contributed by atoms with Gasteiger partial charge in [0.2, 0.25) is 0 Å². The Balaban J connectivity index is 1.90. The molecule has 4 nitrogen and oxygen atoms in total. The summed E-state index contributed by atoms with van der Waals surface area (Å²) in [6.45, 7) is 0. The van der Waals surface area contributed by atoms with Crippen molar-refractivity contribution in [1.82, 2.24) is 0 Å². The predicted octanol–water partition coefficient (Wildman–Crippen LogP) is 3.52. The normalized spacial score (nSPS) is 18.7. The lowest BCUT2D eigenvalue weighted by atomic mass is 9.87.